The SMILES string of the molecule is CCCNC(CN1CCC(COC)CC1)C(=O)OCC. The molecule has 0 saturated carbocycles. The monoisotopic (exact) mass is 286 g/mol. The van der Waals surface area contributed by atoms with Gasteiger partial charge in [-0.1, -0.05) is 6.92 Å². The molecule has 20 heavy (non-hydrogen) atoms. The van der Waals surface area contributed by atoms with Crippen LogP contribution in [0.15, 0.2) is 0 Å². The third-order valence-corrected chi connectivity index (χ3v) is 3.76. The van der Waals surface area contributed by atoms with Crippen LogP contribution >= 0.6 is 0 Å². The fourth-order valence-corrected chi connectivity index (χ4v) is 2.61. The molecule has 0 amide bonds. The van der Waals surface area contributed by atoms with E-state index >= 15 is 0 Å². The van der Waals surface area contributed by atoms with E-state index in [4.69, 9.17) is 9.47 Å². The van der Waals surface area contributed by atoms with Crippen molar-refractivity contribution >= 4 is 5.97 Å². The molecule has 0 bridgehead atoms. The van der Waals surface area contributed by atoms with Crippen molar-refractivity contribution in [3.05, 3.63) is 0 Å². The van der Waals surface area contributed by atoms with Crippen molar-refractivity contribution in [2.24, 2.45) is 5.92 Å². The van der Waals surface area contributed by atoms with Crippen molar-refractivity contribution in [1.29, 1.82) is 0 Å². The minimum absolute atomic E-state index is 0.125. The molecule has 0 aliphatic carbocycles. The van der Waals surface area contributed by atoms with E-state index in [2.05, 4.69) is 17.1 Å². The number of hydrogen-bond donors (Lipinski definition) is 1. The van der Waals surface area contributed by atoms with E-state index in [1.165, 1.54) is 0 Å². The average molecular weight is 286 g/mol. The second-order valence-electron chi connectivity index (χ2n) is 5.46. The van der Waals surface area contributed by atoms with E-state index in [0.29, 0.717) is 12.5 Å². The highest BCUT2D eigenvalue weighted by Crippen LogP contribution is 2.17. The van der Waals surface area contributed by atoms with E-state index in [9.17, 15) is 4.79 Å². The number of hydrogen-bond acceptors (Lipinski definition) is 5. The largest absolute Gasteiger partial charge is 0.465 e. The topological polar surface area (TPSA) is 50.8 Å². The van der Waals surface area contributed by atoms with Crippen molar-refractivity contribution < 1.29 is 14.3 Å². The lowest BCUT2D eigenvalue weighted by atomic mass is 9.97. The lowest BCUT2D eigenvalue weighted by Crippen LogP contribution is -2.49. The molecule has 1 unspecified atom stereocenters. The van der Waals surface area contributed by atoms with Crippen LogP contribution in [0.4, 0.5) is 0 Å². The first-order chi connectivity index (χ1) is 9.71. The van der Waals surface area contributed by atoms with Gasteiger partial charge in [-0.25, -0.2) is 0 Å². The lowest BCUT2D eigenvalue weighted by molar-refractivity contribution is -0.146. The van der Waals surface area contributed by atoms with Gasteiger partial charge in [0.15, 0.2) is 0 Å². The van der Waals surface area contributed by atoms with E-state index in [1.807, 2.05) is 6.92 Å². The highest BCUT2D eigenvalue weighted by molar-refractivity contribution is 5.76. The summed E-state index contributed by atoms with van der Waals surface area (Å²) in [7, 11) is 1.76. The predicted molar refractivity (Wildman–Crippen MR) is 79.8 cm³/mol. The zero-order valence-electron chi connectivity index (χ0n) is 13.2. The summed E-state index contributed by atoms with van der Waals surface area (Å²) in [6.45, 7) is 8.93. The third-order valence-electron chi connectivity index (χ3n) is 3.76. The van der Waals surface area contributed by atoms with Gasteiger partial charge in [0.05, 0.1) is 6.61 Å². The first-order valence-corrected chi connectivity index (χ1v) is 7.82. The number of piperidine rings is 1. The third kappa shape index (κ3) is 6.20. The molecule has 1 N–H and O–H groups in total. The van der Waals surface area contributed by atoms with Crippen LogP contribution in [-0.2, 0) is 14.3 Å². The Morgan fingerprint density at radius 2 is 2.05 bits per heavy atom. The Labute approximate surface area is 123 Å². The van der Waals surface area contributed by atoms with Crippen LogP contribution in [0.5, 0.6) is 0 Å². The van der Waals surface area contributed by atoms with Gasteiger partial charge in [-0.3, -0.25) is 4.79 Å². The van der Waals surface area contributed by atoms with Gasteiger partial charge in [0.1, 0.15) is 6.04 Å². The first kappa shape index (κ1) is 17.4. The van der Waals surface area contributed by atoms with Gasteiger partial charge in [0, 0.05) is 20.3 Å². The van der Waals surface area contributed by atoms with Crippen molar-refractivity contribution in [3.8, 4) is 0 Å². The van der Waals surface area contributed by atoms with Crippen LogP contribution in [0.25, 0.3) is 0 Å². The molecule has 1 heterocycles. The maximum atomic E-state index is 12.0. The molecule has 1 aliphatic heterocycles. The minimum atomic E-state index is -0.200. The van der Waals surface area contributed by atoms with Gasteiger partial charge >= 0.3 is 5.97 Å². The Kier molecular flexibility index (Phi) is 8.82. The molecular weight excluding hydrogens is 256 g/mol. The molecule has 1 atom stereocenters. The van der Waals surface area contributed by atoms with Gasteiger partial charge in [-0.15, -0.1) is 0 Å². The Balaban J connectivity index is 2.39. The maximum absolute atomic E-state index is 12.0. The number of carbonyl (C=O) groups excluding carboxylic acids is 1. The number of nitrogens with one attached hydrogen (secondary N) is 1. The zero-order chi connectivity index (χ0) is 14.8. The molecule has 1 aliphatic rings. The number of methoxy groups -OCH3 is 1. The molecule has 5 heteroatoms. The zero-order valence-corrected chi connectivity index (χ0v) is 13.2. The average Bonchev–Trinajstić information content (AvgIpc) is 2.45. The lowest BCUT2D eigenvalue weighted by Gasteiger charge is -2.33. The summed E-state index contributed by atoms with van der Waals surface area (Å²) >= 11 is 0. The summed E-state index contributed by atoms with van der Waals surface area (Å²) in [5, 5.41) is 3.30. The first-order valence-electron chi connectivity index (χ1n) is 7.82. The van der Waals surface area contributed by atoms with Gasteiger partial charge in [0.25, 0.3) is 0 Å². The summed E-state index contributed by atoms with van der Waals surface area (Å²) in [4.78, 5) is 14.3. The number of nitrogens with zero attached hydrogens (tertiary/aromatic N) is 1. The summed E-state index contributed by atoms with van der Waals surface area (Å²) in [6.07, 6.45) is 3.32. The number of ether oxygens (including phenoxy) is 2. The van der Waals surface area contributed by atoms with Crippen molar-refractivity contribution in [3.63, 3.8) is 0 Å². The normalized spacial score (nSPS) is 18.9. The van der Waals surface area contributed by atoms with Gasteiger partial charge in [-0.2, -0.15) is 0 Å². The highest BCUT2D eigenvalue weighted by atomic mass is 16.5. The summed E-state index contributed by atoms with van der Waals surface area (Å²) < 4.78 is 10.4. The predicted octanol–water partition coefficient (Wildman–Crippen LogP) is 1.28. The Bertz CT molecular complexity index is 266. The van der Waals surface area contributed by atoms with Crippen LogP contribution in [0, 0.1) is 5.92 Å². The Hall–Kier alpha value is -0.650. The Morgan fingerprint density at radius 3 is 2.60 bits per heavy atom. The number of rotatable bonds is 9. The fraction of sp³-hybridized carbons (Fsp3) is 0.933. The van der Waals surface area contributed by atoms with Gasteiger partial charge < -0.3 is 19.7 Å². The molecule has 0 aromatic heterocycles. The quantitative estimate of drug-likeness (QED) is 0.647. The maximum Gasteiger partial charge on any atom is 0.324 e. The summed E-state index contributed by atoms with van der Waals surface area (Å²) in [6, 6.07) is -0.200. The summed E-state index contributed by atoms with van der Waals surface area (Å²) in [5.41, 5.74) is 0. The Morgan fingerprint density at radius 1 is 1.35 bits per heavy atom. The van der Waals surface area contributed by atoms with Crippen LogP contribution in [-0.4, -0.2) is 63.4 Å². The molecule has 0 aromatic carbocycles. The molecule has 0 aromatic rings. The molecule has 118 valence electrons. The van der Waals surface area contributed by atoms with E-state index in [-0.39, 0.29) is 12.0 Å². The van der Waals surface area contributed by atoms with Gasteiger partial charge in [-0.05, 0) is 51.7 Å². The smallest absolute Gasteiger partial charge is 0.324 e. The standard InChI is InChI=1S/C15H30N2O3/c1-4-8-16-14(15(18)20-5-2)11-17-9-6-13(7-10-17)12-19-3/h13-14,16H,4-12H2,1-3H3. The molecule has 0 radical (unpaired) electrons. The van der Waals surface area contributed by atoms with Crippen LogP contribution in [0.2, 0.25) is 0 Å². The molecule has 5 nitrogen and oxygen atoms in total. The molecule has 1 rings (SSSR count). The fourth-order valence-electron chi connectivity index (χ4n) is 2.61. The van der Waals surface area contributed by atoms with Gasteiger partial charge in [0.2, 0.25) is 0 Å². The second-order valence-corrected chi connectivity index (χ2v) is 5.46. The highest BCUT2D eigenvalue weighted by Gasteiger charge is 2.25. The second kappa shape index (κ2) is 10.1. The number of likely N-dealkylation sites (tertiary alicyclic amines) is 1. The van der Waals surface area contributed by atoms with E-state index < -0.39 is 0 Å². The molecule has 0 spiro atoms. The van der Waals surface area contributed by atoms with Crippen molar-refractivity contribution in [2.75, 3.05) is 46.5 Å². The van der Waals surface area contributed by atoms with E-state index in [0.717, 1.165) is 52.0 Å². The molecular formula is C15H30N2O3. The van der Waals surface area contributed by atoms with Crippen LogP contribution in [0.1, 0.15) is 33.1 Å². The summed E-state index contributed by atoms with van der Waals surface area (Å²) in [5.74, 6) is 0.542. The number of carbonyl (C=O) groups is 1. The van der Waals surface area contributed by atoms with Crippen LogP contribution < -0.4 is 5.32 Å². The van der Waals surface area contributed by atoms with Crippen LogP contribution in [0.3, 0.4) is 0 Å². The van der Waals surface area contributed by atoms with E-state index in [1.54, 1.807) is 7.11 Å². The van der Waals surface area contributed by atoms with Crippen molar-refractivity contribution in [2.45, 2.75) is 39.2 Å². The van der Waals surface area contributed by atoms with Crippen molar-refractivity contribution in [1.82, 2.24) is 10.2 Å². The number of esters is 1. The molecule has 1 fully saturated rings. The molecule has 1 saturated heterocycles. The minimum Gasteiger partial charge on any atom is -0.465 e.